The van der Waals surface area contributed by atoms with Gasteiger partial charge in [0, 0.05) is 0 Å². The second-order valence-electron chi connectivity index (χ2n) is 19.9. The SMILES string of the molecule is CCCCCCCCCCc1cc2ccccc2c(CCCCCCCCCC)c1S(=O)(=O)[O-].CCCCCCCCCCc1cc2ccccc2c(CCCCCCCCCC)c1S(=O)(=O)[O-].[Ba+2]. The van der Waals surface area contributed by atoms with E-state index in [1.807, 2.05) is 60.7 Å². The van der Waals surface area contributed by atoms with Gasteiger partial charge in [-0.25, -0.2) is 16.8 Å². The van der Waals surface area contributed by atoms with E-state index < -0.39 is 20.2 Å². The van der Waals surface area contributed by atoms with Crippen molar-refractivity contribution >= 4 is 90.7 Å². The van der Waals surface area contributed by atoms with Crippen LogP contribution in [-0.2, 0) is 45.9 Å². The minimum atomic E-state index is -4.52. The van der Waals surface area contributed by atoms with Gasteiger partial charge in [0.25, 0.3) is 0 Å². The van der Waals surface area contributed by atoms with Crippen molar-refractivity contribution in [3.63, 3.8) is 0 Å². The van der Waals surface area contributed by atoms with E-state index in [4.69, 9.17) is 0 Å². The molecule has 0 fully saturated rings. The maximum atomic E-state index is 12.4. The zero-order valence-electron chi connectivity index (χ0n) is 44.2. The molecular weight excluding hydrogens is 1020 g/mol. The summed E-state index contributed by atoms with van der Waals surface area (Å²) in [5.74, 6) is 0. The fourth-order valence-corrected chi connectivity index (χ4v) is 12.2. The number of benzene rings is 4. The quantitative estimate of drug-likeness (QED) is 0.0251. The largest absolute Gasteiger partial charge is 2.00 e. The van der Waals surface area contributed by atoms with Crippen LogP contribution in [-0.4, -0.2) is 74.8 Å². The van der Waals surface area contributed by atoms with Crippen LogP contribution in [0.4, 0.5) is 0 Å². The Morgan fingerprint density at radius 1 is 0.333 bits per heavy atom. The zero-order valence-corrected chi connectivity index (χ0v) is 50.3. The summed E-state index contributed by atoms with van der Waals surface area (Å²) < 4.78 is 74.6. The first-order valence-electron chi connectivity index (χ1n) is 28.0. The number of unbranched alkanes of at least 4 members (excludes halogenated alkanes) is 28. The third-order valence-corrected chi connectivity index (χ3v) is 16.0. The average Bonchev–Trinajstić information content (AvgIpc) is 3.31. The maximum absolute atomic E-state index is 12.4. The molecule has 4 rings (SSSR count). The third-order valence-electron chi connectivity index (χ3n) is 14.0. The van der Waals surface area contributed by atoms with Crippen LogP contribution >= 0.6 is 0 Å². The molecule has 0 unspecified atom stereocenters. The molecule has 0 radical (unpaired) electrons. The molecule has 384 valence electrons. The van der Waals surface area contributed by atoms with Gasteiger partial charge in [-0.05, 0) is 107 Å². The fraction of sp³-hybridized carbons (Fsp3) is 0.667. The van der Waals surface area contributed by atoms with E-state index in [-0.39, 0.29) is 58.7 Å². The van der Waals surface area contributed by atoms with Gasteiger partial charge in [0.05, 0.1) is 9.79 Å². The van der Waals surface area contributed by atoms with Crippen LogP contribution in [0.3, 0.4) is 0 Å². The molecule has 0 N–H and O–H groups in total. The van der Waals surface area contributed by atoms with E-state index >= 15 is 0 Å². The van der Waals surface area contributed by atoms with Crippen LogP contribution in [0.5, 0.6) is 0 Å². The van der Waals surface area contributed by atoms with E-state index in [1.54, 1.807) is 0 Å². The van der Waals surface area contributed by atoms with Crippen molar-refractivity contribution in [2.24, 2.45) is 0 Å². The maximum Gasteiger partial charge on any atom is 2.00 e. The summed E-state index contributed by atoms with van der Waals surface area (Å²) in [6.45, 7) is 8.92. The molecular formula is C60H94BaO6S2. The molecule has 0 aliphatic rings. The second-order valence-corrected chi connectivity index (χ2v) is 22.6. The van der Waals surface area contributed by atoms with Gasteiger partial charge in [-0.3, -0.25) is 0 Å². The molecule has 0 aliphatic carbocycles. The Hall–Kier alpha value is -1.21. The van der Waals surface area contributed by atoms with Gasteiger partial charge in [0.15, 0.2) is 0 Å². The van der Waals surface area contributed by atoms with Crippen molar-refractivity contribution in [1.82, 2.24) is 0 Å². The van der Waals surface area contributed by atoms with Gasteiger partial charge in [0.2, 0.25) is 0 Å². The topological polar surface area (TPSA) is 114 Å². The van der Waals surface area contributed by atoms with Crippen LogP contribution in [0.2, 0.25) is 0 Å². The van der Waals surface area contributed by atoms with Gasteiger partial charge < -0.3 is 9.11 Å². The Labute approximate surface area is 463 Å². The van der Waals surface area contributed by atoms with E-state index in [2.05, 4.69) is 27.7 Å². The van der Waals surface area contributed by atoms with Crippen molar-refractivity contribution in [2.45, 2.75) is 269 Å². The van der Waals surface area contributed by atoms with Crippen molar-refractivity contribution in [1.29, 1.82) is 0 Å². The minimum Gasteiger partial charge on any atom is -0.744 e. The monoisotopic (exact) mass is 1110 g/mol. The van der Waals surface area contributed by atoms with Crippen molar-refractivity contribution < 1.29 is 25.9 Å². The summed E-state index contributed by atoms with van der Waals surface area (Å²) in [5, 5.41) is 3.97. The number of hydrogen-bond donors (Lipinski definition) is 0. The van der Waals surface area contributed by atoms with E-state index in [1.165, 1.54) is 154 Å². The zero-order chi connectivity index (χ0) is 49.3. The van der Waals surface area contributed by atoms with E-state index in [0.717, 1.165) is 95.2 Å². The first-order valence-corrected chi connectivity index (χ1v) is 30.8. The van der Waals surface area contributed by atoms with Crippen molar-refractivity contribution in [2.75, 3.05) is 0 Å². The summed E-state index contributed by atoms with van der Waals surface area (Å²) in [4.78, 5) is 0.161. The fourth-order valence-electron chi connectivity index (χ4n) is 10.2. The molecule has 0 spiro atoms. The standard InChI is InChI=1S/2C30H48O3S.Ba/c2*1-3-5-7-9-11-13-15-17-22-27-25-26-21-19-20-23-28(26)29(30(27)34(31,32)33)24-18-16-14-12-10-8-6-4-2;/h2*19-21,23,25H,3-18,22,24H2,1-2H3,(H,31,32,33);/q;;+2/p-2. The Morgan fingerprint density at radius 3 is 0.826 bits per heavy atom. The molecule has 4 aromatic rings. The smallest absolute Gasteiger partial charge is 0.744 e. The molecule has 69 heavy (non-hydrogen) atoms. The summed E-state index contributed by atoms with van der Waals surface area (Å²) in [6.07, 6.45) is 41.1. The Balaban J connectivity index is 0.000000467. The Morgan fingerprint density at radius 2 is 0.565 bits per heavy atom. The first kappa shape index (κ1) is 63.9. The van der Waals surface area contributed by atoms with Crippen LogP contribution in [0, 0.1) is 0 Å². The van der Waals surface area contributed by atoms with Crippen LogP contribution in [0.15, 0.2) is 70.5 Å². The number of hydrogen-bond acceptors (Lipinski definition) is 6. The average molecular weight is 1110 g/mol. The molecule has 4 aromatic carbocycles. The van der Waals surface area contributed by atoms with Crippen molar-refractivity contribution in [3.8, 4) is 0 Å². The van der Waals surface area contributed by atoms with Crippen LogP contribution in [0.25, 0.3) is 21.5 Å². The molecule has 0 heterocycles. The van der Waals surface area contributed by atoms with Gasteiger partial charge in [-0.2, -0.15) is 0 Å². The molecule has 0 aromatic heterocycles. The van der Waals surface area contributed by atoms with E-state index in [9.17, 15) is 25.9 Å². The molecule has 0 saturated carbocycles. The molecule has 9 heteroatoms. The molecule has 0 bridgehead atoms. The summed E-state index contributed by atoms with van der Waals surface area (Å²) in [5.41, 5.74) is 2.98. The van der Waals surface area contributed by atoms with E-state index in [0.29, 0.717) is 25.7 Å². The second kappa shape index (κ2) is 38.4. The molecule has 0 amide bonds. The van der Waals surface area contributed by atoms with Gasteiger partial charge in [-0.15, -0.1) is 0 Å². The molecule has 0 aliphatic heterocycles. The normalized spacial score (nSPS) is 11.8. The number of fused-ring (bicyclic) bond motifs is 2. The summed E-state index contributed by atoms with van der Waals surface area (Å²) in [7, 11) is -9.04. The Kier molecular flexibility index (Phi) is 35.5. The molecule has 0 saturated heterocycles. The van der Waals surface area contributed by atoms with Gasteiger partial charge in [0.1, 0.15) is 20.2 Å². The van der Waals surface area contributed by atoms with Gasteiger partial charge >= 0.3 is 48.9 Å². The predicted octanol–water partition coefficient (Wildman–Crippen LogP) is 17.8. The van der Waals surface area contributed by atoms with Crippen LogP contribution < -0.4 is 0 Å². The summed E-state index contributed by atoms with van der Waals surface area (Å²) in [6, 6.07) is 19.8. The van der Waals surface area contributed by atoms with Crippen LogP contribution in [0.1, 0.15) is 255 Å². The number of rotatable bonds is 38. The predicted molar refractivity (Wildman–Crippen MR) is 295 cm³/mol. The first-order chi connectivity index (χ1) is 33.0. The number of aryl methyl sites for hydroxylation is 4. The minimum absolute atomic E-state index is 0. The van der Waals surface area contributed by atoms with Gasteiger partial charge in [-0.1, -0.05) is 256 Å². The van der Waals surface area contributed by atoms with Crippen molar-refractivity contribution in [3.05, 3.63) is 82.9 Å². The third kappa shape index (κ3) is 25.5. The Bertz CT molecular complexity index is 2030. The summed E-state index contributed by atoms with van der Waals surface area (Å²) >= 11 is 0. The molecule has 6 nitrogen and oxygen atoms in total. The molecule has 0 atom stereocenters.